The second-order valence-electron chi connectivity index (χ2n) is 6.87. The molecule has 2 heteroatoms. The molecule has 0 unspecified atom stereocenters. The second-order valence-corrected chi connectivity index (χ2v) is 7.13. The minimum atomic E-state index is 0.466. The molecule has 0 aliphatic carbocycles. The maximum Gasteiger partial charge on any atom is 0.0474 e. The number of likely N-dealkylation sites (tertiary alicyclic amines) is 1. The van der Waals surface area contributed by atoms with Crippen LogP contribution in [0.1, 0.15) is 44.7 Å². The summed E-state index contributed by atoms with van der Waals surface area (Å²) in [5.41, 5.74) is 3.08. The minimum Gasteiger partial charge on any atom is -0.299 e. The van der Waals surface area contributed by atoms with E-state index in [-0.39, 0.29) is 0 Å². The van der Waals surface area contributed by atoms with Gasteiger partial charge in [0.2, 0.25) is 0 Å². The highest BCUT2D eigenvalue weighted by Gasteiger charge is 2.28. The van der Waals surface area contributed by atoms with E-state index >= 15 is 0 Å². The van der Waals surface area contributed by atoms with Crippen molar-refractivity contribution in [3.05, 3.63) is 35.4 Å². The quantitative estimate of drug-likeness (QED) is 0.726. The molecule has 1 fully saturated rings. The highest BCUT2D eigenvalue weighted by Crippen LogP contribution is 2.34. The van der Waals surface area contributed by atoms with E-state index in [0.29, 0.717) is 11.3 Å². The molecular formula is C17H26ClN. The molecule has 1 aromatic carbocycles. The van der Waals surface area contributed by atoms with E-state index in [1.54, 1.807) is 0 Å². The Labute approximate surface area is 123 Å². The van der Waals surface area contributed by atoms with Crippen LogP contribution < -0.4 is 0 Å². The maximum atomic E-state index is 5.82. The average Bonchev–Trinajstić information content (AvgIpc) is 2.39. The topological polar surface area (TPSA) is 3.24 Å². The lowest BCUT2D eigenvalue weighted by Crippen LogP contribution is -2.37. The van der Waals surface area contributed by atoms with Crippen LogP contribution in [-0.2, 0) is 12.4 Å². The lowest BCUT2D eigenvalue weighted by atomic mass is 9.75. The summed E-state index contributed by atoms with van der Waals surface area (Å²) in [6.07, 6.45) is 2.67. The van der Waals surface area contributed by atoms with Gasteiger partial charge in [0.05, 0.1) is 0 Å². The number of nitrogens with zero attached hydrogens (tertiary/aromatic N) is 1. The Bertz CT molecular complexity index is 383. The third-order valence-corrected chi connectivity index (χ3v) is 4.70. The lowest BCUT2D eigenvalue weighted by molar-refractivity contribution is 0.108. The van der Waals surface area contributed by atoms with Crippen LogP contribution in [-0.4, -0.2) is 18.0 Å². The fourth-order valence-electron chi connectivity index (χ4n) is 2.95. The number of hydrogen-bond donors (Lipinski definition) is 0. The molecule has 1 heterocycles. The van der Waals surface area contributed by atoms with Crippen LogP contribution in [0.15, 0.2) is 24.3 Å². The first-order chi connectivity index (χ1) is 8.99. The van der Waals surface area contributed by atoms with Crippen LogP contribution in [0.5, 0.6) is 0 Å². The first-order valence-electron chi connectivity index (χ1n) is 7.35. The van der Waals surface area contributed by atoms with Gasteiger partial charge in [0, 0.05) is 12.4 Å². The molecule has 0 aromatic heterocycles. The summed E-state index contributed by atoms with van der Waals surface area (Å²) < 4.78 is 0. The van der Waals surface area contributed by atoms with Gasteiger partial charge in [-0.1, -0.05) is 45.0 Å². The first-order valence-corrected chi connectivity index (χ1v) is 7.88. The maximum absolute atomic E-state index is 5.82. The van der Waals surface area contributed by atoms with Gasteiger partial charge in [-0.3, -0.25) is 4.90 Å². The van der Waals surface area contributed by atoms with Gasteiger partial charge in [-0.05, 0) is 48.4 Å². The monoisotopic (exact) mass is 279 g/mol. The number of hydrogen-bond acceptors (Lipinski definition) is 1. The Morgan fingerprint density at radius 1 is 1.05 bits per heavy atom. The van der Waals surface area contributed by atoms with Gasteiger partial charge in [0.1, 0.15) is 0 Å². The Morgan fingerprint density at radius 2 is 1.58 bits per heavy atom. The summed E-state index contributed by atoms with van der Waals surface area (Å²) in [5.74, 6) is 1.49. The molecule has 0 amide bonds. The van der Waals surface area contributed by atoms with Gasteiger partial charge in [-0.25, -0.2) is 0 Å². The van der Waals surface area contributed by atoms with Crippen molar-refractivity contribution in [1.82, 2.24) is 4.90 Å². The summed E-state index contributed by atoms with van der Waals surface area (Å²) in [7, 11) is 0. The van der Waals surface area contributed by atoms with Crippen LogP contribution >= 0.6 is 11.6 Å². The van der Waals surface area contributed by atoms with E-state index in [2.05, 4.69) is 49.9 Å². The van der Waals surface area contributed by atoms with Crippen LogP contribution in [0.2, 0.25) is 0 Å². The highest BCUT2D eigenvalue weighted by molar-refractivity contribution is 6.17. The lowest BCUT2D eigenvalue weighted by Gasteiger charge is -2.38. The molecule has 0 spiro atoms. The van der Waals surface area contributed by atoms with Gasteiger partial charge in [-0.15, -0.1) is 11.6 Å². The third-order valence-electron chi connectivity index (χ3n) is 4.40. The predicted octanol–water partition coefficient (Wildman–Crippen LogP) is 4.68. The summed E-state index contributed by atoms with van der Waals surface area (Å²) in [6.45, 7) is 10.7. The first kappa shape index (κ1) is 14.9. The number of rotatable bonds is 3. The van der Waals surface area contributed by atoms with Crippen molar-refractivity contribution in [3.8, 4) is 0 Å². The van der Waals surface area contributed by atoms with Crippen molar-refractivity contribution in [3.63, 3.8) is 0 Å². The highest BCUT2D eigenvalue weighted by atomic mass is 35.5. The SMILES string of the molecule is CC(C)(C)C1CCN(Cc2ccc(CCl)cc2)CC1. The molecule has 0 N–H and O–H groups in total. The van der Waals surface area contributed by atoms with Gasteiger partial charge >= 0.3 is 0 Å². The molecule has 2 rings (SSSR count). The van der Waals surface area contributed by atoms with Crippen molar-refractivity contribution in [2.75, 3.05) is 13.1 Å². The van der Waals surface area contributed by atoms with Crippen molar-refractivity contribution >= 4 is 11.6 Å². The van der Waals surface area contributed by atoms with Crippen LogP contribution in [0.25, 0.3) is 0 Å². The molecule has 1 aromatic rings. The third kappa shape index (κ3) is 4.22. The Hall–Kier alpha value is -0.530. The Morgan fingerprint density at radius 3 is 2.05 bits per heavy atom. The van der Waals surface area contributed by atoms with Crippen molar-refractivity contribution in [2.45, 2.75) is 46.0 Å². The zero-order valence-corrected chi connectivity index (χ0v) is 13.2. The normalized spacial score (nSPS) is 18.7. The Balaban J connectivity index is 1.85. The smallest absolute Gasteiger partial charge is 0.0474 e. The van der Waals surface area contributed by atoms with E-state index in [9.17, 15) is 0 Å². The molecule has 1 saturated heterocycles. The Kier molecular flexibility index (Phi) is 4.92. The zero-order valence-electron chi connectivity index (χ0n) is 12.5. The number of piperidine rings is 1. The van der Waals surface area contributed by atoms with E-state index in [1.807, 2.05) is 0 Å². The van der Waals surface area contributed by atoms with Crippen molar-refractivity contribution in [1.29, 1.82) is 0 Å². The predicted molar refractivity (Wildman–Crippen MR) is 83.5 cm³/mol. The minimum absolute atomic E-state index is 0.466. The summed E-state index contributed by atoms with van der Waals surface area (Å²) >= 11 is 5.82. The molecule has 0 saturated carbocycles. The van der Waals surface area contributed by atoms with E-state index in [4.69, 9.17) is 11.6 Å². The fourth-order valence-corrected chi connectivity index (χ4v) is 3.13. The fraction of sp³-hybridized carbons (Fsp3) is 0.647. The van der Waals surface area contributed by atoms with Gasteiger partial charge in [0.15, 0.2) is 0 Å². The van der Waals surface area contributed by atoms with Crippen molar-refractivity contribution < 1.29 is 0 Å². The van der Waals surface area contributed by atoms with E-state index in [0.717, 1.165) is 12.5 Å². The standard InChI is InChI=1S/C17H26ClN/c1-17(2,3)16-8-10-19(11-9-16)13-15-6-4-14(12-18)5-7-15/h4-7,16H,8-13H2,1-3H3. The van der Waals surface area contributed by atoms with Crippen molar-refractivity contribution in [2.24, 2.45) is 11.3 Å². The second kappa shape index (κ2) is 6.28. The summed E-state index contributed by atoms with van der Waals surface area (Å²) in [6, 6.07) is 8.72. The molecule has 19 heavy (non-hydrogen) atoms. The summed E-state index contributed by atoms with van der Waals surface area (Å²) in [5, 5.41) is 0. The molecule has 0 radical (unpaired) electrons. The van der Waals surface area contributed by atoms with E-state index in [1.165, 1.54) is 37.1 Å². The van der Waals surface area contributed by atoms with Gasteiger partial charge in [0.25, 0.3) is 0 Å². The average molecular weight is 280 g/mol. The molecule has 0 atom stereocenters. The van der Waals surface area contributed by atoms with Gasteiger partial charge < -0.3 is 0 Å². The molecule has 1 aliphatic heterocycles. The van der Waals surface area contributed by atoms with Crippen LogP contribution in [0.3, 0.4) is 0 Å². The van der Waals surface area contributed by atoms with E-state index < -0.39 is 0 Å². The largest absolute Gasteiger partial charge is 0.299 e. The number of benzene rings is 1. The number of alkyl halides is 1. The van der Waals surface area contributed by atoms with Gasteiger partial charge in [-0.2, -0.15) is 0 Å². The molecule has 1 nitrogen and oxygen atoms in total. The van der Waals surface area contributed by atoms with Crippen LogP contribution in [0, 0.1) is 11.3 Å². The molecule has 106 valence electrons. The zero-order chi connectivity index (χ0) is 13.9. The molecular weight excluding hydrogens is 254 g/mol. The molecule has 0 bridgehead atoms. The number of halogens is 1. The molecule has 1 aliphatic rings. The van der Waals surface area contributed by atoms with Crippen LogP contribution in [0.4, 0.5) is 0 Å². The summed E-state index contributed by atoms with van der Waals surface area (Å²) in [4.78, 5) is 2.58.